The van der Waals surface area contributed by atoms with E-state index in [1.165, 1.54) is 0 Å². The third kappa shape index (κ3) is 4.42. The highest BCUT2D eigenvalue weighted by molar-refractivity contribution is 6.00. The van der Waals surface area contributed by atoms with E-state index in [9.17, 15) is 9.90 Å². The second-order valence-electron chi connectivity index (χ2n) is 6.84. The highest BCUT2D eigenvalue weighted by Crippen LogP contribution is 2.32. The molecule has 27 heavy (non-hydrogen) atoms. The molecule has 2 aromatic carbocycles. The summed E-state index contributed by atoms with van der Waals surface area (Å²) in [5.74, 6) is 1.39. The number of ether oxygens (including phenoxy) is 2. The number of phenolic OH excluding ortho intramolecular Hbond substituents is 1. The van der Waals surface area contributed by atoms with Gasteiger partial charge in [-0.1, -0.05) is 24.3 Å². The van der Waals surface area contributed by atoms with Crippen molar-refractivity contribution >= 4 is 5.78 Å². The summed E-state index contributed by atoms with van der Waals surface area (Å²) in [5, 5.41) is 10.4. The highest BCUT2D eigenvalue weighted by Gasteiger charge is 2.28. The normalized spacial score (nSPS) is 17.5. The summed E-state index contributed by atoms with van der Waals surface area (Å²) < 4.78 is 10.8. The fraction of sp³-hybridized carbons (Fsp3) is 0.409. The molecule has 0 aromatic heterocycles. The molecule has 3 rings (SSSR count). The van der Waals surface area contributed by atoms with Gasteiger partial charge in [-0.05, 0) is 44.5 Å². The molecule has 2 aromatic rings. The molecule has 0 radical (unpaired) electrons. The van der Waals surface area contributed by atoms with Crippen LogP contribution in [0.25, 0.3) is 0 Å². The van der Waals surface area contributed by atoms with Crippen molar-refractivity contribution in [2.24, 2.45) is 5.92 Å². The maximum Gasteiger partial charge on any atom is 0.170 e. The van der Waals surface area contributed by atoms with Crippen LogP contribution in [0.2, 0.25) is 0 Å². The van der Waals surface area contributed by atoms with Crippen LogP contribution < -0.4 is 9.47 Å². The van der Waals surface area contributed by atoms with Gasteiger partial charge in [0.15, 0.2) is 17.3 Å². The fourth-order valence-corrected chi connectivity index (χ4v) is 3.69. The third-order valence-corrected chi connectivity index (χ3v) is 5.03. The lowest BCUT2D eigenvalue weighted by Crippen LogP contribution is -2.38. The number of aromatic hydroxyl groups is 1. The monoisotopic (exact) mass is 369 g/mol. The molecule has 1 aliphatic heterocycles. The first-order valence-electron chi connectivity index (χ1n) is 9.47. The average Bonchev–Trinajstić information content (AvgIpc) is 2.71. The Labute approximate surface area is 160 Å². The van der Waals surface area contributed by atoms with E-state index in [1.54, 1.807) is 13.2 Å². The number of phenols is 1. The number of carbonyl (C=O) groups excluding carboxylic acids is 1. The zero-order valence-electron chi connectivity index (χ0n) is 16.0. The lowest BCUT2D eigenvalue weighted by atomic mass is 9.89. The van der Waals surface area contributed by atoms with Crippen molar-refractivity contribution in [3.8, 4) is 17.2 Å². The highest BCUT2D eigenvalue weighted by atomic mass is 16.5. The van der Waals surface area contributed by atoms with E-state index in [0.29, 0.717) is 36.8 Å². The summed E-state index contributed by atoms with van der Waals surface area (Å²) in [6.07, 6.45) is 1.83. The molecule has 1 N–H and O–H groups in total. The number of nitrogens with zero attached hydrogens (tertiary/aromatic N) is 1. The van der Waals surface area contributed by atoms with Gasteiger partial charge in [-0.3, -0.25) is 9.69 Å². The Balaban J connectivity index is 1.71. The number of piperidine rings is 1. The van der Waals surface area contributed by atoms with E-state index in [0.717, 1.165) is 24.9 Å². The number of hydrogen-bond acceptors (Lipinski definition) is 5. The number of benzene rings is 2. The van der Waals surface area contributed by atoms with E-state index >= 15 is 0 Å². The van der Waals surface area contributed by atoms with Crippen LogP contribution in [0.1, 0.15) is 35.7 Å². The molecule has 0 amide bonds. The minimum atomic E-state index is -0.0627. The molecule has 5 nitrogen and oxygen atoms in total. The molecule has 0 spiro atoms. The number of hydrogen-bond donors (Lipinski definition) is 1. The number of ketones is 1. The van der Waals surface area contributed by atoms with Gasteiger partial charge in [0.05, 0.1) is 19.3 Å². The third-order valence-electron chi connectivity index (χ3n) is 5.03. The number of rotatable bonds is 7. The summed E-state index contributed by atoms with van der Waals surface area (Å²) in [7, 11) is 1.59. The summed E-state index contributed by atoms with van der Waals surface area (Å²) in [6.45, 7) is 4.59. The van der Waals surface area contributed by atoms with Crippen LogP contribution >= 0.6 is 0 Å². The number of carbonyl (C=O) groups is 1. The lowest BCUT2D eigenvalue weighted by molar-refractivity contribution is 0.0807. The van der Waals surface area contributed by atoms with E-state index in [-0.39, 0.29) is 17.5 Å². The standard InChI is InChI=1S/C22H27NO4/c1-3-27-20-12-6-8-17(22(20)25)15-23-13-7-9-16(14-23)21(24)18-10-4-5-11-19(18)26-2/h4-6,8,10-12,16,25H,3,7,9,13-15H2,1-2H3/t16-/m1/s1. The van der Waals surface area contributed by atoms with Crippen molar-refractivity contribution in [1.29, 1.82) is 0 Å². The van der Waals surface area contributed by atoms with Crippen LogP contribution in [0.15, 0.2) is 42.5 Å². The summed E-state index contributed by atoms with van der Waals surface area (Å²) >= 11 is 0. The predicted octanol–water partition coefficient (Wildman–Crippen LogP) is 3.89. The molecule has 1 saturated heterocycles. The fourth-order valence-electron chi connectivity index (χ4n) is 3.69. The quantitative estimate of drug-likeness (QED) is 0.750. The molecule has 0 unspecified atom stereocenters. The van der Waals surface area contributed by atoms with Gasteiger partial charge in [-0.25, -0.2) is 0 Å². The average molecular weight is 369 g/mol. The Morgan fingerprint density at radius 3 is 2.74 bits per heavy atom. The summed E-state index contributed by atoms with van der Waals surface area (Å²) in [4.78, 5) is 15.2. The van der Waals surface area contributed by atoms with Gasteiger partial charge in [0.2, 0.25) is 0 Å². The number of para-hydroxylation sites is 2. The number of likely N-dealkylation sites (tertiary alicyclic amines) is 1. The van der Waals surface area contributed by atoms with Crippen LogP contribution in [0.4, 0.5) is 0 Å². The first kappa shape index (κ1) is 19.2. The molecule has 1 fully saturated rings. The van der Waals surface area contributed by atoms with E-state index in [2.05, 4.69) is 4.90 Å². The molecule has 144 valence electrons. The minimum absolute atomic E-state index is 0.0627. The molecule has 1 heterocycles. The lowest BCUT2D eigenvalue weighted by Gasteiger charge is -2.32. The molecular weight excluding hydrogens is 342 g/mol. The minimum Gasteiger partial charge on any atom is -0.504 e. The van der Waals surface area contributed by atoms with Crippen LogP contribution in [0, 0.1) is 5.92 Å². The molecule has 0 bridgehead atoms. The summed E-state index contributed by atoms with van der Waals surface area (Å²) in [5.41, 5.74) is 1.47. The van der Waals surface area contributed by atoms with Crippen LogP contribution in [0.3, 0.4) is 0 Å². The maximum absolute atomic E-state index is 13.0. The van der Waals surface area contributed by atoms with Crippen molar-refractivity contribution in [3.63, 3.8) is 0 Å². The zero-order chi connectivity index (χ0) is 19.2. The molecule has 5 heteroatoms. The SMILES string of the molecule is CCOc1cccc(CN2CCC[C@@H](C(=O)c3ccccc3OC)C2)c1O. The molecule has 0 aliphatic carbocycles. The second-order valence-corrected chi connectivity index (χ2v) is 6.84. The topological polar surface area (TPSA) is 59.0 Å². The number of methoxy groups -OCH3 is 1. The van der Waals surface area contributed by atoms with E-state index in [1.807, 2.05) is 43.3 Å². The van der Waals surface area contributed by atoms with Gasteiger partial charge in [0.1, 0.15) is 5.75 Å². The summed E-state index contributed by atoms with van der Waals surface area (Å²) in [6, 6.07) is 13.0. The van der Waals surface area contributed by atoms with E-state index in [4.69, 9.17) is 9.47 Å². The Morgan fingerprint density at radius 1 is 1.19 bits per heavy atom. The van der Waals surface area contributed by atoms with Gasteiger partial charge < -0.3 is 14.6 Å². The van der Waals surface area contributed by atoms with Crippen LogP contribution in [-0.4, -0.2) is 42.6 Å². The van der Waals surface area contributed by atoms with Gasteiger partial charge >= 0.3 is 0 Å². The molecule has 1 atom stereocenters. The Morgan fingerprint density at radius 2 is 1.96 bits per heavy atom. The van der Waals surface area contributed by atoms with Gasteiger partial charge in [0.25, 0.3) is 0 Å². The first-order valence-corrected chi connectivity index (χ1v) is 9.47. The molecule has 1 aliphatic rings. The zero-order valence-corrected chi connectivity index (χ0v) is 16.0. The predicted molar refractivity (Wildman–Crippen MR) is 105 cm³/mol. The van der Waals surface area contributed by atoms with Crippen molar-refractivity contribution < 1.29 is 19.4 Å². The van der Waals surface area contributed by atoms with Crippen molar-refractivity contribution in [2.75, 3.05) is 26.8 Å². The Hall–Kier alpha value is -2.53. The van der Waals surface area contributed by atoms with Gasteiger partial charge in [-0.2, -0.15) is 0 Å². The van der Waals surface area contributed by atoms with Crippen molar-refractivity contribution in [2.45, 2.75) is 26.3 Å². The van der Waals surface area contributed by atoms with Crippen molar-refractivity contribution in [3.05, 3.63) is 53.6 Å². The molecule has 0 saturated carbocycles. The van der Waals surface area contributed by atoms with E-state index < -0.39 is 0 Å². The van der Waals surface area contributed by atoms with Crippen molar-refractivity contribution in [1.82, 2.24) is 4.90 Å². The largest absolute Gasteiger partial charge is 0.504 e. The van der Waals surface area contributed by atoms with Crippen LogP contribution in [0.5, 0.6) is 17.2 Å². The first-order chi connectivity index (χ1) is 13.1. The maximum atomic E-state index is 13.0. The number of Topliss-reactive ketones (excluding diaryl/α,β-unsaturated/α-hetero) is 1. The Bertz CT molecular complexity index is 790. The molecular formula is C22H27NO4. The van der Waals surface area contributed by atoms with Gasteiger partial charge in [0, 0.05) is 24.6 Å². The Kier molecular flexibility index (Phi) is 6.35. The van der Waals surface area contributed by atoms with Crippen LogP contribution in [-0.2, 0) is 6.54 Å². The smallest absolute Gasteiger partial charge is 0.170 e. The van der Waals surface area contributed by atoms with Gasteiger partial charge in [-0.15, -0.1) is 0 Å². The second kappa shape index (κ2) is 8.91.